The van der Waals surface area contributed by atoms with Crippen LogP contribution in [-0.4, -0.2) is 11.1 Å². The van der Waals surface area contributed by atoms with Gasteiger partial charge in [-0.25, -0.2) is 4.79 Å². The van der Waals surface area contributed by atoms with Crippen LogP contribution in [-0.2, 0) is 4.79 Å². The van der Waals surface area contributed by atoms with E-state index in [1.54, 1.807) is 11.3 Å². The summed E-state index contributed by atoms with van der Waals surface area (Å²) in [5.41, 5.74) is 0. The lowest BCUT2D eigenvalue weighted by Crippen LogP contribution is -1.84. The van der Waals surface area contributed by atoms with Gasteiger partial charge in [-0.1, -0.05) is 0 Å². The standard InChI is InChI=1S/C3HClO2/c4-2-1-3(5)6/h(H,5,6). The molecule has 0 aliphatic heterocycles. The van der Waals surface area contributed by atoms with Gasteiger partial charge in [0, 0.05) is 11.3 Å². The first kappa shape index (κ1) is 5.32. The van der Waals surface area contributed by atoms with Gasteiger partial charge in [-0.2, -0.15) is 0 Å². The first-order chi connectivity index (χ1) is 2.77. The van der Waals surface area contributed by atoms with Gasteiger partial charge in [-0.15, -0.1) is 0 Å². The molecule has 0 saturated heterocycles. The Balaban J connectivity index is 3.50. The third-order valence-electron chi connectivity index (χ3n) is 0.154. The van der Waals surface area contributed by atoms with Crippen LogP contribution in [0.25, 0.3) is 0 Å². The minimum absolute atomic E-state index is 1.20. The number of hydrogen-bond acceptors (Lipinski definition) is 1. The number of carboxylic acids is 1. The van der Waals surface area contributed by atoms with Crippen molar-refractivity contribution in [2.75, 3.05) is 0 Å². The molecule has 0 aromatic carbocycles. The summed E-state index contributed by atoms with van der Waals surface area (Å²) in [7, 11) is 0. The Hall–Kier alpha value is -0.680. The number of halogens is 1. The second kappa shape index (κ2) is 2.55. The molecule has 0 aliphatic carbocycles. The lowest BCUT2D eigenvalue weighted by molar-refractivity contribution is -0.130. The van der Waals surface area contributed by atoms with Gasteiger partial charge in [-0.05, 0) is 11.6 Å². The highest BCUT2D eigenvalue weighted by atomic mass is 35.5. The van der Waals surface area contributed by atoms with E-state index in [0.717, 1.165) is 0 Å². The van der Waals surface area contributed by atoms with E-state index in [4.69, 9.17) is 5.11 Å². The van der Waals surface area contributed by atoms with E-state index < -0.39 is 5.97 Å². The molecular weight excluding hydrogens is 103 g/mol. The van der Waals surface area contributed by atoms with Crippen molar-refractivity contribution in [3.05, 3.63) is 0 Å². The Bertz CT molecular complexity index is 108. The van der Waals surface area contributed by atoms with Gasteiger partial charge in [-0.3, -0.25) is 0 Å². The number of rotatable bonds is 0. The normalized spacial score (nSPS) is 5.50. The molecule has 3 heteroatoms. The Morgan fingerprint density at radius 3 is 2.33 bits per heavy atom. The Morgan fingerprint density at radius 1 is 1.83 bits per heavy atom. The van der Waals surface area contributed by atoms with Crippen LogP contribution in [0, 0.1) is 11.3 Å². The van der Waals surface area contributed by atoms with Crippen LogP contribution in [0.15, 0.2) is 0 Å². The second-order valence-electron chi connectivity index (χ2n) is 0.525. The largest absolute Gasteiger partial charge is 0.472 e. The minimum Gasteiger partial charge on any atom is -0.472 e. The summed E-state index contributed by atoms with van der Waals surface area (Å²) in [5, 5.41) is 9.35. The van der Waals surface area contributed by atoms with Gasteiger partial charge < -0.3 is 5.11 Å². The highest BCUT2D eigenvalue weighted by Crippen LogP contribution is 1.60. The zero-order valence-corrected chi connectivity index (χ0v) is 3.49. The van der Waals surface area contributed by atoms with E-state index in [1.807, 2.05) is 0 Å². The molecule has 0 unspecified atom stereocenters. The van der Waals surface area contributed by atoms with Crippen molar-refractivity contribution >= 4 is 17.6 Å². The van der Waals surface area contributed by atoms with E-state index in [0.29, 0.717) is 0 Å². The van der Waals surface area contributed by atoms with E-state index in [9.17, 15) is 4.79 Å². The molecule has 0 aromatic heterocycles. The molecule has 0 heterocycles. The highest BCUT2D eigenvalue weighted by Gasteiger charge is 1.77. The third kappa shape index (κ3) is 3.32. The SMILES string of the molecule is O=C(O)C#CCl. The van der Waals surface area contributed by atoms with Crippen LogP contribution >= 0.6 is 11.6 Å². The summed E-state index contributed by atoms with van der Waals surface area (Å²) < 4.78 is 0. The maximum atomic E-state index is 9.34. The summed E-state index contributed by atoms with van der Waals surface area (Å²) in [5.74, 6) is 0.437. The third-order valence-corrected chi connectivity index (χ3v) is 0.249. The fourth-order valence-electron chi connectivity index (χ4n) is 0.0404. The molecule has 0 aromatic rings. The average Bonchev–Trinajstić information content (AvgIpc) is 1.35. The van der Waals surface area contributed by atoms with Gasteiger partial charge in [0.25, 0.3) is 0 Å². The summed E-state index contributed by atoms with van der Waals surface area (Å²) in [6.45, 7) is 0. The monoisotopic (exact) mass is 104 g/mol. The molecule has 0 spiro atoms. The molecule has 0 rings (SSSR count). The molecule has 6 heavy (non-hydrogen) atoms. The molecule has 0 atom stereocenters. The van der Waals surface area contributed by atoms with Crippen LogP contribution in [0.3, 0.4) is 0 Å². The van der Waals surface area contributed by atoms with Crippen LogP contribution in [0.1, 0.15) is 0 Å². The molecule has 0 saturated carbocycles. The summed E-state index contributed by atoms with van der Waals surface area (Å²) in [6.07, 6.45) is 0. The molecule has 0 bridgehead atoms. The highest BCUT2D eigenvalue weighted by molar-refractivity contribution is 6.31. The molecule has 2 nitrogen and oxygen atoms in total. The van der Waals surface area contributed by atoms with Gasteiger partial charge in [0.2, 0.25) is 0 Å². The first-order valence-electron chi connectivity index (χ1n) is 1.12. The van der Waals surface area contributed by atoms with Crippen molar-refractivity contribution in [2.24, 2.45) is 0 Å². The van der Waals surface area contributed by atoms with Gasteiger partial charge in [0.05, 0.1) is 0 Å². The van der Waals surface area contributed by atoms with Crippen molar-refractivity contribution in [3.8, 4) is 11.3 Å². The minimum atomic E-state index is -1.20. The number of hydrogen-bond donors (Lipinski definition) is 1. The predicted octanol–water partition coefficient (Wildman–Crippen LogP) is 0.271. The number of carbonyl (C=O) groups is 1. The second-order valence-corrected chi connectivity index (χ2v) is 0.714. The predicted molar refractivity (Wildman–Crippen MR) is 21.3 cm³/mol. The number of aliphatic carboxylic acids is 1. The van der Waals surface area contributed by atoms with Crippen LogP contribution in [0.5, 0.6) is 0 Å². The van der Waals surface area contributed by atoms with Crippen molar-refractivity contribution < 1.29 is 9.90 Å². The Kier molecular flexibility index (Phi) is 2.26. The van der Waals surface area contributed by atoms with Gasteiger partial charge in [0.1, 0.15) is 0 Å². The number of carboxylic acid groups (broad SMARTS) is 1. The van der Waals surface area contributed by atoms with E-state index in [-0.39, 0.29) is 0 Å². The van der Waals surface area contributed by atoms with Crippen LogP contribution in [0.4, 0.5) is 0 Å². The van der Waals surface area contributed by atoms with Gasteiger partial charge >= 0.3 is 5.97 Å². The lowest BCUT2D eigenvalue weighted by atomic mass is 10.7. The van der Waals surface area contributed by atoms with Crippen molar-refractivity contribution in [2.45, 2.75) is 0 Å². The molecular formula is C3HClO2. The summed E-state index contributed by atoms with van der Waals surface area (Å²) >= 11 is 4.65. The first-order valence-corrected chi connectivity index (χ1v) is 1.49. The fourth-order valence-corrected chi connectivity index (χ4v) is 0.121. The molecule has 1 N–H and O–H groups in total. The zero-order valence-electron chi connectivity index (χ0n) is 2.73. The van der Waals surface area contributed by atoms with E-state index in [1.165, 1.54) is 0 Å². The topological polar surface area (TPSA) is 37.3 Å². The Labute approximate surface area is 39.7 Å². The fraction of sp³-hybridized carbons (Fsp3) is 0. The lowest BCUT2D eigenvalue weighted by Gasteiger charge is -1.61. The molecule has 0 aliphatic rings. The van der Waals surface area contributed by atoms with E-state index >= 15 is 0 Å². The van der Waals surface area contributed by atoms with Crippen molar-refractivity contribution in [1.82, 2.24) is 0 Å². The van der Waals surface area contributed by atoms with E-state index in [2.05, 4.69) is 11.6 Å². The summed E-state index contributed by atoms with van der Waals surface area (Å²) in [4.78, 5) is 9.34. The zero-order chi connectivity index (χ0) is 4.99. The van der Waals surface area contributed by atoms with Crippen molar-refractivity contribution in [1.29, 1.82) is 0 Å². The van der Waals surface area contributed by atoms with Crippen LogP contribution in [0.2, 0.25) is 0 Å². The summed E-state index contributed by atoms with van der Waals surface area (Å²) in [6, 6.07) is 0. The molecule has 32 valence electrons. The average molecular weight is 104 g/mol. The Morgan fingerprint density at radius 2 is 2.33 bits per heavy atom. The molecule has 0 fully saturated rings. The quantitative estimate of drug-likeness (QED) is 0.448. The maximum absolute atomic E-state index is 9.34. The smallest absolute Gasteiger partial charge is 0.383 e. The van der Waals surface area contributed by atoms with Crippen LogP contribution < -0.4 is 0 Å². The van der Waals surface area contributed by atoms with Gasteiger partial charge in [0.15, 0.2) is 0 Å². The molecule has 0 amide bonds. The maximum Gasteiger partial charge on any atom is 0.383 e. The van der Waals surface area contributed by atoms with Crippen molar-refractivity contribution in [3.63, 3.8) is 0 Å². The molecule has 0 radical (unpaired) electrons.